The molecule has 1 aliphatic heterocycles. The highest BCUT2D eigenvalue weighted by Gasteiger charge is 2.36. The van der Waals surface area contributed by atoms with E-state index in [4.69, 9.17) is 0 Å². The van der Waals surface area contributed by atoms with Crippen molar-refractivity contribution >= 4 is 23.1 Å². The maximum absolute atomic E-state index is 12.7. The zero-order valence-corrected chi connectivity index (χ0v) is 14.3. The van der Waals surface area contributed by atoms with E-state index in [2.05, 4.69) is 25.2 Å². The number of rotatable bonds is 5. The van der Waals surface area contributed by atoms with E-state index in [1.54, 1.807) is 29.9 Å². The third-order valence-corrected chi connectivity index (χ3v) is 5.71. The predicted molar refractivity (Wildman–Crippen MR) is 92.7 cm³/mol. The van der Waals surface area contributed by atoms with Crippen LogP contribution in [-0.4, -0.2) is 33.9 Å². The van der Waals surface area contributed by atoms with E-state index in [9.17, 15) is 4.79 Å². The second-order valence-corrected chi connectivity index (χ2v) is 7.45. The van der Waals surface area contributed by atoms with Crippen molar-refractivity contribution in [2.45, 2.75) is 31.7 Å². The average Bonchev–Trinajstić information content (AvgIpc) is 3.34. The molecule has 0 radical (unpaired) electrons. The van der Waals surface area contributed by atoms with Gasteiger partial charge in [-0.1, -0.05) is 0 Å². The van der Waals surface area contributed by atoms with Gasteiger partial charge in [0.2, 0.25) is 5.91 Å². The van der Waals surface area contributed by atoms with Crippen molar-refractivity contribution in [3.63, 3.8) is 0 Å². The van der Waals surface area contributed by atoms with Gasteiger partial charge in [0.15, 0.2) is 0 Å². The third-order valence-electron chi connectivity index (χ3n) is 4.85. The molecule has 0 unspecified atom stereocenters. The molecule has 4 rings (SSSR count). The molecule has 1 saturated carbocycles. The van der Waals surface area contributed by atoms with Crippen LogP contribution in [-0.2, 0) is 4.79 Å². The first-order valence-electron chi connectivity index (χ1n) is 8.52. The second-order valence-electron chi connectivity index (χ2n) is 6.52. The van der Waals surface area contributed by atoms with Crippen LogP contribution in [0.1, 0.15) is 36.7 Å². The number of hydrogen-bond acceptors (Lipinski definition) is 6. The Morgan fingerprint density at radius 3 is 2.62 bits per heavy atom. The SMILES string of the molecule is O=C(N[C@@H](c1nccs1)C1CC1)C1CCN(c2cnccn2)CC1. The molecule has 2 fully saturated rings. The molecule has 2 aromatic heterocycles. The lowest BCUT2D eigenvalue weighted by Gasteiger charge is -2.32. The first-order valence-corrected chi connectivity index (χ1v) is 9.40. The van der Waals surface area contributed by atoms with E-state index < -0.39 is 0 Å². The molecule has 3 heterocycles. The highest BCUT2D eigenvalue weighted by atomic mass is 32.1. The molecule has 24 heavy (non-hydrogen) atoms. The van der Waals surface area contributed by atoms with Crippen molar-refractivity contribution in [2.75, 3.05) is 18.0 Å². The van der Waals surface area contributed by atoms with Crippen LogP contribution in [0.15, 0.2) is 30.2 Å². The summed E-state index contributed by atoms with van der Waals surface area (Å²) in [6, 6.07) is 0.107. The number of piperidine rings is 1. The van der Waals surface area contributed by atoms with Gasteiger partial charge in [0.05, 0.1) is 12.2 Å². The molecule has 1 aliphatic carbocycles. The molecule has 6 nitrogen and oxygen atoms in total. The highest BCUT2D eigenvalue weighted by molar-refractivity contribution is 7.09. The van der Waals surface area contributed by atoms with Crippen LogP contribution in [0.2, 0.25) is 0 Å². The minimum absolute atomic E-state index is 0.0825. The molecule has 0 bridgehead atoms. The standard InChI is InChI=1S/C17H21N5OS/c23-16(21-15(12-1-2-12)17-20-7-10-24-17)13-3-8-22(9-4-13)14-11-18-5-6-19-14/h5-7,10-13,15H,1-4,8-9H2,(H,21,23)/t15-/m1/s1. The van der Waals surface area contributed by atoms with Gasteiger partial charge in [-0.05, 0) is 31.6 Å². The van der Waals surface area contributed by atoms with Crippen LogP contribution in [0.25, 0.3) is 0 Å². The number of amides is 1. The fraction of sp³-hybridized carbons (Fsp3) is 0.529. The molecular weight excluding hydrogens is 322 g/mol. The number of nitrogens with zero attached hydrogens (tertiary/aromatic N) is 4. The lowest BCUT2D eigenvalue weighted by molar-refractivity contribution is -0.126. The molecule has 1 amide bonds. The van der Waals surface area contributed by atoms with E-state index in [0.29, 0.717) is 5.92 Å². The van der Waals surface area contributed by atoms with Gasteiger partial charge >= 0.3 is 0 Å². The first kappa shape index (κ1) is 15.5. The Kier molecular flexibility index (Phi) is 4.42. The zero-order valence-electron chi connectivity index (χ0n) is 13.5. The van der Waals surface area contributed by atoms with Crippen LogP contribution in [0.5, 0.6) is 0 Å². The van der Waals surface area contributed by atoms with Gasteiger partial charge in [-0.25, -0.2) is 9.97 Å². The van der Waals surface area contributed by atoms with E-state index >= 15 is 0 Å². The van der Waals surface area contributed by atoms with Gasteiger partial charge < -0.3 is 10.2 Å². The Balaban J connectivity index is 1.34. The molecule has 2 aromatic rings. The van der Waals surface area contributed by atoms with Crippen LogP contribution >= 0.6 is 11.3 Å². The molecular formula is C17H21N5OS. The van der Waals surface area contributed by atoms with Crippen molar-refractivity contribution in [1.29, 1.82) is 0 Å². The topological polar surface area (TPSA) is 71.0 Å². The van der Waals surface area contributed by atoms with E-state index in [1.165, 1.54) is 12.8 Å². The lowest BCUT2D eigenvalue weighted by Crippen LogP contribution is -2.42. The minimum atomic E-state index is 0.0825. The van der Waals surface area contributed by atoms with Gasteiger partial charge in [0, 0.05) is 43.0 Å². The summed E-state index contributed by atoms with van der Waals surface area (Å²) in [5.41, 5.74) is 0. The largest absolute Gasteiger partial charge is 0.355 e. The molecule has 0 aromatic carbocycles. The summed E-state index contributed by atoms with van der Waals surface area (Å²) in [7, 11) is 0. The van der Waals surface area contributed by atoms with E-state index in [1.807, 2.05) is 11.6 Å². The predicted octanol–water partition coefficient (Wildman–Crippen LogP) is 2.42. The molecule has 126 valence electrons. The van der Waals surface area contributed by atoms with Crippen LogP contribution in [0.4, 0.5) is 5.82 Å². The normalized spacial score (nSPS) is 19.9. The van der Waals surface area contributed by atoms with E-state index in [0.717, 1.165) is 36.8 Å². The summed E-state index contributed by atoms with van der Waals surface area (Å²) in [6.07, 6.45) is 11.1. The maximum atomic E-state index is 12.7. The Bertz CT molecular complexity index is 666. The molecule has 0 spiro atoms. The molecule has 7 heteroatoms. The summed E-state index contributed by atoms with van der Waals surface area (Å²) in [5.74, 6) is 1.73. The van der Waals surface area contributed by atoms with Crippen LogP contribution in [0, 0.1) is 11.8 Å². The van der Waals surface area contributed by atoms with Crippen LogP contribution < -0.4 is 10.2 Å². The van der Waals surface area contributed by atoms with Gasteiger partial charge in [-0.15, -0.1) is 11.3 Å². The van der Waals surface area contributed by atoms with Crippen molar-refractivity contribution in [2.24, 2.45) is 11.8 Å². The maximum Gasteiger partial charge on any atom is 0.223 e. The summed E-state index contributed by atoms with van der Waals surface area (Å²) in [5, 5.41) is 6.29. The Labute approximate surface area is 145 Å². The van der Waals surface area contributed by atoms with Crippen molar-refractivity contribution in [3.8, 4) is 0 Å². The van der Waals surface area contributed by atoms with E-state index in [-0.39, 0.29) is 17.9 Å². The number of hydrogen-bond donors (Lipinski definition) is 1. The first-order chi connectivity index (χ1) is 11.8. The Morgan fingerprint density at radius 2 is 2.00 bits per heavy atom. The highest BCUT2D eigenvalue weighted by Crippen LogP contribution is 2.41. The number of carbonyl (C=O) groups excluding carboxylic acids is 1. The van der Waals surface area contributed by atoms with Crippen molar-refractivity contribution in [3.05, 3.63) is 35.2 Å². The third kappa shape index (κ3) is 3.40. The summed E-state index contributed by atoms with van der Waals surface area (Å²) in [4.78, 5) is 27.8. The average molecular weight is 343 g/mol. The quantitative estimate of drug-likeness (QED) is 0.903. The second kappa shape index (κ2) is 6.84. The number of aromatic nitrogens is 3. The minimum Gasteiger partial charge on any atom is -0.355 e. The van der Waals surface area contributed by atoms with Gasteiger partial charge in [0.1, 0.15) is 10.8 Å². The summed E-state index contributed by atoms with van der Waals surface area (Å²) >= 11 is 1.64. The number of carbonyl (C=O) groups is 1. The molecule has 1 N–H and O–H groups in total. The number of nitrogens with one attached hydrogen (secondary N) is 1. The van der Waals surface area contributed by atoms with Gasteiger partial charge in [-0.2, -0.15) is 0 Å². The zero-order chi connectivity index (χ0) is 16.4. The number of thiazole rings is 1. The molecule has 2 aliphatic rings. The summed E-state index contributed by atoms with van der Waals surface area (Å²) < 4.78 is 0. The smallest absolute Gasteiger partial charge is 0.223 e. The fourth-order valence-corrected chi connectivity index (χ4v) is 4.08. The van der Waals surface area contributed by atoms with Crippen molar-refractivity contribution in [1.82, 2.24) is 20.3 Å². The molecule has 1 saturated heterocycles. The Morgan fingerprint density at radius 1 is 1.17 bits per heavy atom. The summed E-state index contributed by atoms with van der Waals surface area (Å²) in [6.45, 7) is 1.70. The monoisotopic (exact) mass is 343 g/mol. The van der Waals surface area contributed by atoms with Crippen molar-refractivity contribution < 1.29 is 4.79 Å². The van der Waals surface area contributed by atoms with Crippen LogP contribution in [0.3, 0.4) is 0 Å². The molecule has 1 atom stereocenters. The Hall–Kier alpha value is -2.02. The van der Waals surface area contributed by atoms with Gasteiger partial charge in [0.25, 0.3) is 0 Å². The fourth-order valence-electron chi connectivity index (χ4n) is 3.30. The lowest BCUT2D eigenvalue weighted by atomic mass is 9.95. The van der Waals surface area contributed by atoms with Gasteiger partial charge in [-0.3, -0.25) is 9.78 Å². The number of anilines is 1.